The van der Waals surface area contributed by atoms with Gasteiger partial charge >= 0.3 is 0 Å². The van der Waals surface area contributed by atoms with Gasteiger partial charge in [-0.15, -0.1) is 0 Å². The minimum absolute atomic E-state index is 0.384. The molecule has 0 aliphatic rings. The van der Waals surface area contributed by atoms with Crippen LogP contribution in [0.15, 0.2) is 41.1 Å². The SMILES string of the molecule is N=c1ccn(-c2ccc(Br)c(Cl)c2)nc1. The molecule has 3 nitrogen and oxygen atoms in total. The number of halogens is 2. The van der Waals surface area contributed by atoms with Gasteiger partial charge in [0.2, 0.25) is 0 Å². The molecule has 0 aliphatic heterocycles. The van der Waals surface area contributed by atoms with Crippen LogP contribution in [0.3, 0.4) is 0 Å². The average molecular weight is 285 g/mol. The standard InChI is InChI=1S/C10H7BrClN3/c11-9-2-1-8(5-10(9)12)15-4-3-7(13)6-14-15/h1-6,13H. The predicted octanol–water partition coefficient (Wildman–Crippen LogP) is 2.77. The molecular formula is C10H7BrClN3. The molecule has 0 fully saturated rings. The number of hydrogen-bond donors (Lipinski definition) is 1. The molecule has 1 aromatic heterocycles. The molecule has 0 aliphatic carbocycles. The second-order valence-electron chi connectivity index (χ2n) is 2.96. The molecule has 1 heterocycles. The first-order chi connectivity index (χ1) is 7.16. The smallest absolute Gasteiger partial charge is 0.0756 e. The lowest BCUT2D eigenvalue weighted by atomic mass is 10.3. The highest BCUT2D eigenvalue weighted by molar-refractivity contribution is 9.10. The quantitative estimate of drug-likeness (QED) is 0.859. The van der Waals surface area contributed by atoms with E-state index in [1.165, 1.54) is 6.20 Å². The normalized spacial score (nSPS) is 10.3. The van der Waals surface area contributed by atoms with Crippen LogP contribution in [0, 0.1) is 5.41 Å². The molecule has 5 heteroatoms. The van der Waals surface area contributed by atoms with Crippen molar-refractivity contribution in [1.29, 1.82) is 5.41 Å². The summed E-state index contributed by atoms with van der Waals surface area (Å²) >= 11 is 9.29. The van der Waals surface area contributed by atoms with Crippen molar-refractivity contribution in [1.82, 2.24) is 9.78 Å². The fourth-order valence-electron chi connectivity index (χ4n) is 1.14. The molecule has 2 aromatic rings. The maximum Gasteiger partial charge on any atom is 0.0756 e. The Morgan fingerprint density at radius 3 is 2.73 bits per heavy atom. The number of nitrogens with one attached hydrogen (secondary N) is 1. The third-order valence-electron chi connectivity index (χ3n) is 1.88. The van der Waals surface area contributed by atoms with Gasteiger partial charge in [-0.2, -0.15) is 5.10 Å². The molecule has 0 atom stereocenters. The number of nitrogens with zero attached hydrogens (tertiary/aromatic N) is 2. The van der Waals surface area contributed by atoms with Crippen LogP contribution in [0.1, 0.15) is 0 Å². The molecule has 15 heavy (non-hydrogen) atoms. The summed E-state index contributed by atoms with van der Waals surface area (Å²) in [6.45, 7) is 0. The van der Waals surface area contributed by atoms with Gasteiger partial charge in [-0.25, -0.2) is 4.68 Å². The van der Waals surface area contributed by atoms with Crippen LogP contribution in [0.2, 0.25) is 5.02 Å². The van der Waals surface area contributed by atoms with Gasteiger partial charge in [0.15, 0.2) is 0 Å². The Morgan fingerprint density at radius 1 is 1.33 bits per heavy atom. The molecule has 0 radical (unpaired) electrons. The zero-order valence-electron chi connectivity index (χ0n) is 7.61. The first-order valence-corrected chi connectivity index (χ1v) is 5.39. The fourth-order valence-corrected chi connectivity index (χ4v) is 1.56. The van der Waals surface area contributed by atoms with E-state index in [-0.39, 0.29) is 0 Å². The number of aromatic nitrogens is 2. The second-order valence-corrected chi connectivity index (χ2v) is 4.22. The first-order valence-electron chi connectivity index (χ1n) is 4.22. The Kier molecular flexibility index (Phi) is 2.88. The number of hydrogen-bond acceptors (Lipinski definition) is 2. The van der Waals surface area contributed by atoms with Gasteiger partial charge in [0, 0.05) is 10.7 Å². The largest absolute Gasteiger partial charge is 0.299 e. The zero-order valence-corrected chi connectivity index (χ0v) is 9.96. The van der Waals surface area contributed by atoms with Crippen LogP contribution in [0.25, 0.3) is 5.69 Å². The summed E-state index contributed by atoms with van der Waals surface area (Å²) in [4.78, 5) is 0. The van der Waals surface area contributed by atoms with E-state index in [1.54, 1.807) is 16.9 Å². The summed E-state index contributed by atoms with van der Waals surface area (Å²) < 4.78 is 2.52. The molecule has 0 bridgehead atoms. The molecule has 0 unspecified atom stereocenters. The van der Waals surface area contributed by atoms with Crippen LogP contribution < -0.4 is 5.36 Å². The maximum absolute atomic E-state index is 7.32. The number of rotatable bonds is 1. The van der Waals surface area contributed by atoms with Gasteiger partial charge in [0.25, 0.3) is 0 Å². The Bertz CT molecular complexity index is 530. The van der Waals surface area contributed by atoms with E-state index in [0.29, 0.717) is 10.4 Å². The van der Waals surface area contributed by atoms with E-state index in [4.69, 9.17) is 17.0 Å². The van der Waals surface area contributed by atoms with Gasteiger partial charge in [0.1, 0.15) is 0 Å². The summed E-state index contributed by atoms with van der Waals surface area (Å²) in [6.07, 6.45) is 3.21. The fraction of sp³-hybridized carbons (Fsp3) is 0. The lowest BCUT2D eigenvalue weighted by molar-refractivity contribution is 0.828. The first kappa shape index (κ1) is 10.4. The van der Waals surface area contributed by atoms with E-state index >= 15 is 0 Å². The Labute approximate surface area is 100.0 Å². The van der Waals surface area contributed by atoms with E-state index < -0.39 is 0 Å². The highest BCUT2D eigenvalue weighted by Crippen LogP contribution is 2.24. The topological polar surface area (TPSA) is 41.7 Å². The average Bonchev–Trinajstić information content (AvgIpc) is 2.23. The van der Waals surface area contributed by atoms with Crippen LogP contribution >= 0.6 is 27.5 Å². The molecule has 1 aromatic carbocycles. The summed E-state index contributed by atoms with van der Waals surface area (Å²) in [6, 6.07) is 7.23. The van der Waals surface area contributed by atoms with E-state index in [2.05, 4.69) is 21.0 Å². The van der Waals surface area contributed by atoms with Gasteiger partial charge in [-0.05, 0) is 40.2 Å². The molecule has 1 N–H and O–H groups in total. The molecule has 0 spiro atoms. The summed E-state index contributed by atoms with van der Waals surface area (Å²) in [5.74, 6) is 0. The lowest BCUT2D eigenvalue weighted by Crippen LogP contribution is -2.06. The Hall–Kier alpha value is -1.13. The third kappa shape index (κ3) is 2.27. The Morgan fingerprint density at radius 2 is 2.13 bits per heavy atom. The van der Waals surface area contributed by atoms with Gasteiger partial charge in [-0.1, -0.05) is 11.6 Å². The Balaban J connectivity index is 2.50. The van der Waals surface area contributed by atoms with Crippen LogP contribution in [-0.2, 0) is 0 Å². The zero-order chi connectivity index (χ0) is 10.8. The summed E-state index contributed by atoms with van der Waals surface area (Å²) in [5, 5.41) is 12.4. The third-order valence-corrected chi connectivity index (χ3v) is 3.12. The van der Waals surface area contributed by atoms with Gasteiger partial charge in [-0.3, -0.25) is 5.41 Å². The second kappa shape index (κ2) is 4.16. The molecule has 76 valence electrons. The minimum Gasteiger partial charge on any atom is -0.299 e. The lowest BCUT2D eigenvalue weighted by Gasteiger charge is -2.05. The van der Waals surface area contributed by atoms with E-state index in [1.807, 2.05) is 18.2 Å². The van der Waals surface area contributed by atoms with Crippen LogP contribution in [0.4, 0.5) is 0 Å². The summed E-state index contributed by atoms with van der Waals surface area (Å²) in [5.41, 5.74) is 0.864. The molecule has 2 rings (SSSR count). The van der Waals surface area contributed by atoms with E-state index in [0.717, 1.165) is 10.2 Å². The highest BCUT2D eigenvalue weighted by Gasteiger charge is 2.00. The highest BCUT2D eigenvalue weighted by atomic mass is 79.9. The molecule has 0 saturated heterocycles. The van der Waals surface area contributed by atoms with E-state index in [9.17, 15) is 0 Å². The number of benzene rings is 1. The van der Waals surface area contributed by atoms with Crippen LogP contribution in [-0.4, -0.2) is 9.78 Å². The molecular weight excluding hydrogens is 277 g/mol. The van der Waals surface area contributed by atoms with Crippen molar-refractivity contribution in [3.63, 3.8) is 0 Å². The van der Waals surface area contributed by atoms with Crippen LogP contribution in [0.5, 0.6) is 0 Å². The van der Waals surface area contributed by atoms with Gasteiger partial charge in [0.05, 0.1) is 22.3 Å². The van der Waals surface area contributed by atoms with Crippen molar-refractivity contribution >= 4 is 27.5 Å². The van der Waals surface area contributed by atoms with Crippen molar-refractivity contribution in [2.24, 2.45) is 0 Å². The van der Waals surface area contributed by atoms with Crippen molar-refractivity contribution in [3.05, 3.63) is 51.5 Å². The van der Waals surface area contributed by atoms with Crippen molar-refractivity contribution < 1.29 is 0 Å². The molecule has 0 amide bonds. The molecule has 0 saturated carbocycles. The summed E-state index contributed by atoms with van der Waals surface area (Å²) in [7, 11) is 0. The maximum atomic E-state index is 7.32. The minimum atomic E-state index is 0.384. The van der Waals surface area contributed by atoms with Crippen molar-refractivity contribution in [2.75, 3.05) is 0 Å². The van der Waals surface area contributed by atoms with Gasteiger partial charge < -0.3 is 0 Å². The van der Waals surface area contributed by atoms with Crippen molar-refractivity contribution in [2.45, 2.75) is 0 Å². The monoisotopic (exact) mass is 283 g/mol. The predicted molar refractivity (Wildman–Crippen MR) is 62.1 cm³/mol. The van der Waals surface area contributed by atoms with Crippen molar-refractivity contribution in [3.8, 4) is 5.69 Å².